The molecule has 1 amide bonds. The van der Waals surface area contributed by atoms with Crippen LogP contribution in [0.3, 0.4) is 0 Å². The van der Waals surface area contributed by atoms with Crippen LogP contribution in [0.2, 0.25) is 0 Å². The van der Waals surface area contributed by atoms with E-state index in [2.05, 4.69) is 15.0 Å². The molecule has 0 aliphatic heterocycles. The molecule has 1 aliphatic carbocycles. The molecule has 1 fully saturated rings. The van der Waals surface area contributed by atoms with Gasteiger partial charge in [0.1, 0.15) is 11.6 Å². The Morgan fingerprint density at radius 3 is 2.47 bits per heavy atom. The number of carbonyl (C=O) groups excluding carboxylic acids is 2. The van der Waals surface area contributed by atoms with Crippen LogP contribution in [0.5, 0.6) is 5.75 Å². The lowest BCUT2D eigenvalue weighted by Crippen LogP contribution is -2.29. The fourth-order valence-electron chi connectivity index (χ4n) is 3.87. The maximum Gasteiger partial charge on any atom is 0.573 e. The van der Waals surface area contributed by atoms with Crippen molar-refractivity contribution in [1.29, 1.82) is 0 Å². The molecule has 1 aliphatic rings. The summed E-state index contributed by atoms with van der Waals surface area (Å²) in [6.45, 7) is 1.99. The second kappa shape index (κ2) is 8.89. The highest BCUT2D eigenvalue weighted by Gasteiger charge is 2.53. The summed E-state index contributed by atoms with van der Waals surface area (Å²) in [6.07, 6.45) is -1.14. The van der Waals surface area contributed by atoms with Gasteiger partial charge in [0.25, 0.3) is 0 Å². The summed E-state index contributed by atoms with van der Waals surface area (Å²) >= 11 is 0. The number of pyridine rings is 1. The van der Waals surface area contributed by atoms with Gasteiger partial charge in [-0.2, -0.15) is 0 Å². The molecular formula is C25H20F4N2O3. The Morgan fingerprint density at radius 2 is 1.91 bits per heavy atom. The fraction of sp³-hybridized carbons (Fsp3) is 0.240. The zero-order chi connectivity index (χ0) is 24.5. The Bertz CT molecular complexity index is 1240. The third-order valence-corrected chi connectivity index (χ3v) is 5.81. The summed E-state index contributed by atoms with van der Waals surface area (Å²) in [5.74, 6) is -2.16. The van der Waals surface area contributed by atoms with Gasteiger partial charge >= 0.3 is 6.36 Å². The number of nitrogens with zero attached hydrogens (tertiary/aromatic N) is 1. The summed E-state index contributed by atoms with van der Waals surface area (Å²) in [4.78, 5) is 29.0. The number of alkyl halides is 3. The molecule has 0 bridgehead atoms. The number of benzene rings is 2. The monoisotopic (exact) mass is 472 g/mol. The van der Waals surface area contributed by atoms with Crippen LogP contribution in [-0.4, -0.2) is 23.5 Å². The number of aryl methyl sites for hydroxylation is 1. The van der Waals surface area contributed by atoms with Crippen LogP contribution in [0.4, 0.5) is 23.2 Å². The molecule has 2 aromatic carbocycles. The molecule has 1 heterocycles. The largest absolute Gasteiger partial charge is 0.573 e. The van der Waals surface area contributed by atoms with Crippen molar-refractivity contribution in [2.24, 2.45) is 0 Å². The van der Waals surface area contributed by atoms with Crippen molar-refractivity contribution in [3.05, 3.63) is 77.4 Å². The molecule has 0 saturated heterocycles. The van der Waals surface area contributed by atoms with Crippen LogP contribution in [0.15, 0.2) is 54.7 Å². The average Bonchev–Trinajstić information content (AvgIpc) is 3.60. The van der Waals surface area contributed by atoms with Crippen molar-refractivity contribution < 1.29 is 31.9 Å². The van der Waals surface area contributed by atoms with Gasteiger partial charge in [0.05, 0.1) is 5.41 Å². The predicted molar refractivity (Wildman–Crippen MR) is 117 cm³/mol. The number of hydrogen-bond donors (Lipinski definition) is 1. The Balaban J connectivity index is 1.55. The molecule has 0 unspecified atom stereocenters. The Kier molecular flexibility index (Phi) is 6.12. The van der Waals surface area contributed by atoms with Crippen LogP contribution < -0.4 is 10.1 Å². The third kappa shape index (κ3) is 4.78. The number of amides is 1. The summed E-state index contributed by atoms with van der Waals surface area (Å²) < 4.78 is 55.5. The number of aromatic nitrogens is 1. The van der Waals surface area contributed by atoms with E-state index in [9.17, 15) is 27.2 Å². The number of halogens is 4. The van der Waals surface area contributed by atoms with E-state index >= 15 is 0 Å². The topological polar surface area (TPSA) is 68.3 Å². The number of hydrogen-bond acceptors (Lipinski definition) is 4. The van der Waals surface area contributed by atoms with Gasteiger partial charge in [-0.05, 0) is 49.1 Å². The van der Waals surface area contributed by atoms with Gasteiger partial charge < -0.3 is 10.1 Å². The van der Waals surface area contributed by atoms with Crippen molar-refractivity contribution >= 4 is 17.9 Å². The van der Waals surface area contributed by atoms with Crippen molar-refractivity contribution in [2.45, 2.75) is 38.0 Å². The highest BCUT2D eigenvalue weighted by atomic mass is 19.4. The lowest BCUT2D eigenvalue weighted by molar-refractivity contribution is -0.274. The van der Waals surface area contributed by atoms with Crippen LogP contribution >= 0.6 is 0 Å². The number of carbonyl (C=O) groups is 2. The number of ether oxygens (including phenoxy) is 1. The number of rotatable bonds is 7. The number of nitrogens with one attached hydrogen (secondary N) is 1. The molecule has 0 radical (unpaired) electrons. The normalized spacial score (nSPS) is 14.4. The van der Waals surface area contributed by atoms with Crippen LogP contribution in [0.25, 0.3) is 11.1 Å². The molecule has 0 spiro atoms. The highest BCUT2D eigenvalue weighted by molar-refractivity contribution is 6.02. The maximum absolute atomic E-state index is 14.6. The Labute approximate surface area is 192 Å². The molecular weight excluding hydrogens is 452 g/mol. The second-order valence-corrected chi connectivity index (χ2v) is 8.04. The van der Waals surface area contributed by atoms with Crippen molar-refractivity contribution in [1.82, 2.24) is 4.98 Å². The zero-order valence-corrected chi connectivity index (χ0v) is 18.1. The van der Waals surface area contributed by atoms with E-state index in [4.69, 9.17) is 0 Å². The highest BCUT2D eigenvalue weighted by Crippen LogP contribution is 2.50. The minimum absolute atomic E-state index is 0.00570. The van der Waals surface area contributed by atoms with E-state index in [-0.39, 0.29) is 5.56 Å². The summed E-state index contributed by atoms with van der Waals surface area (Å²) in [5, 5.41) is 2.70. The average molecular weight is 472 g/mol. The predicted octanol–water partition coefficient (Wildman–Crippen LogP) is 5.83. The van der Waals surface area contributed by atoms with Gasteiger partial charge in [0.15, 0.2) is 6.29 Å². The second-order valence-electron chi connectivity index (χ2n) is 8.04. The molecule has 34 heavy (non-hydrogen) atoms. The number of aldehydes is 1. The van der Waals surface area contributed by atoms with Crippen LogP contribution in [0, 0.1) is 5.82 Å². The van der Waals surface area contributed by atoms with Crippen molar-refractivity contribution in [2.75, 3.05) is 5.32 Å². The van der Waals surface area contributed by atoms with E-state index in [0.717, 1.165) is 29.8 Å². The van der Waals surface area contributed by atoms with Crippen molar-refractivity contribution in [3.63, 3.8) is 0 Å². The quantitative estimate of drug-likeness (QED) is 0.347. The SMILES string of the molecule is CCc1ccc(-c2ccc(NC(=O)C3(c4ccc(OC(F)(F)F)cc4F)CC3)cc2C=O)cn1. The minimum Gasteiger partial charge on any atom is -0.406 e. The summed E-state index contributed by atoms with van der Waals surface area (Å²) in [6, 6.07) is 11.3. The van der Waals surface area contributed by atoms with Gasteiger partial charge in [-0.25, -0.2) is 4.39 Å². The molecule has 176 valence electrons. The molecule has 5 nitrogen and oxygen atoms in total. The minimum atomic E-state index is -4.95. The van der Waals surface area contributed by atoms with Gasteiger partial charge in [-0.3, -0.25) is 14.6 Å². The lowest BCUT2D eigenvalue weighted by Gasteiger charge is -2.18. The maximum atomic E-state index is 14.6. The third-order valence-electron chi connectivity index (χ3n) is 5.81. The van der Waals surface area contributed by atoms with E-state index in [1.165, 1.54) is 6.07 Å². The molecule has 1 N–H and O–H groups in total. The van der Waals surface area contributed by atoms with Gasteiger partial charge in [-0.1, -0.05) is 25.1 Å². The summed E-state index contributed by atoms with van der Waals surface area (Å²) in [7, 11) is 0. The standard InChI is InChI=1S/C25H20F4N2O3/c1-2-17-4-3-15(13-30-17)20-7-5-18(11-16(20)14-32)31-23(33)24(9-10-24)21-8-6-19(12-22(21)26)34-25(27,28)29/h3-8,11-14H,2,9-10H2,1H3,(H,31,33). The fourth-order valence-corrected chi connectivity index (χ4v) is 3.87. The van der Waals surface area contributed by atoms with E-state index in [0.29, 0.717) is 42.0 Å². The first-order valence-electron chi connectivity index (χ1n) is 10.6. The first kappa shape index (κ1) is 23.4. The molecule has 4 rings (SSSR count). The zero-order valence-electron chi connectivity index (χ0n) is 18.1. The van der Waals surface area contributed by atoms with Crippen molar-refractivity contribution in [3.8, 4) is 16.9 Å². The van der Waals surface area contributed by atoms with Gasteiger partial charge in [0, 0.05) is 40.3 Å². The Morgan fingerprint density at radius 1 is 1.15 bits per heavy atom. The lowest BCUT2D eigenvalue weighted by atomic mass is 9.93. The van der Waals surface area contributed by atoms with Crippen LogP contribution in [0.1, 0.15) is 41.4 Å². The van der Waals surface area contributed by atoms with E-state index < -0.39 is 29.3 Å². The smallest absolute Gasteiger partial charge is 0.406 e. The first-order chi connectivity index (χ1) is 16.1. The van der Waals surface area contributed by atoms with Gasteiger partial charge in [-0.15, -0.1) is 13.2 Å². The van der Waals surface area contributed by atoms with Gasteiger partial charge in [0.2, 0.25) is 5.91 Å². The molecule has 3 aromatic rings. The molecule has 1 aromatic heterocycles. The van der Waals surface area contributed by atoms with E-state index in [1.807, 2.05) is 19.1 Å². The Hall–Kier alpha value is -3.75. The summed E-state index contributed by atoms with van der Waals surface area (Å²) in [5.41, 5.74) is 1.80. The van der Waals surface area contributed by atoms with Crippen LogP contribution in [-0.2, 0) is 16.6 Å². The molecule has 9 heteroatoms. The molecule has 1 saturated carbocycles. The molecule has 0 atom stereocenters. The number of anilines is 1. The first-order valence-corrected chi connectivity index (χ1v) is 10.6. The van der Waals surface area contributed by atoms with E-state index in [1.54, 1.807) is 18.3 Å².